The number of nitrogens with zero attached hydrogens (tertiary/aromatic N) is 1. The molecule has 1 aromatic carbocycles. The molecular formula is C20H18Cl2FNO2. The zero-order valence-electron chi connectivity index (χ0n) is 14.1. The monoisotopic (exact) mass is 393 g/mol. The summed E-state index contributed by atoms with van der Waals surface area (Å²) in [5.74, 6) is -0.519. The van der Waals surface area contributed by atoms with E-state index in [1.807, 2.05) is 0 Å². The van der Waals surface area contributed by atoms with Crippen LogP contribution in [0.3, 0.4) is 0 Å². The predicted octanol–water partition coefficient (Wildman–Crippen LogP) is 5.05. The summed E-state index contributed by atoms with van der Waals surface area (Å²) in [7, 11) is 0. The number of aliphatic hydroxyl groups is 1. The molecule has 1 aliphatic rings. The second-order valence-corrected chi connectivity index (χ2v) is 7.25. The van der Waals surface area contributed by atoms with E-state index in [1.165, 1.54) is 0 Å². The maximum atomic E-state index is 15.6. The van der Waals surface area contributed by atoms with Crippen molar-refractivity contribution in [3.63, 3.8) is 0 Å². The summed E-state index contributed by atoms with van der Waals surface area (Å²) in [5.41, 5.74) is 0.568. The van der Waals surface area contributed by atoms with Gasteiger partial charge in [-0.3, -0.25) is 9.78 Å². The van der Waals surface area contributed by atoms with Gasteiger partial charge in [0.2, 0.25) is 0 Å². The number of alkyl halides is 1. The highest BCUT2D eigenvalue weighted by atomic mass is 35.5. The number of hydrogen-bond acceptors (Lipinski definition) is 3. The van der Waals surface area contributed by atoms with Gasteiger partial charge in [-0.2, -0.15) is 0 Å². The van der Waals surface area contributed by atoms with Gasteiger partial charge in [0.05, 0.1) is 12.3 Å². The van der Waals surface area contributed by atoms with Crippen molar-refractivity contribution in [1.29, 1.82) is 0 Å². The first-order chi connectivity index (χ1) is 12.4. The number of pyridine rings is 1. The zero-order valence-corrected chi connectivity index (χ0v) is 15.6. The molecule has 0 fully saturated rings. The highest BCUT2D eigenvalue weighted by Gasteiger charge is 2.44. The van der Waals surface area contributed by atoms with E-state index in [0.29, 0.717) is 33.3 Å². The van der Waals surface area contributed by atoms with Gasteiger partial charge in [0.15, 0.2) is 11.5 Å². The van der Waals surface area contributed by atoms with E-state index >= 15 is 4.39 Å². The summed E-state index contributed by atoms with van der Waals surface area (Å²) < 4.78 is 15.6. The van der Waals surface area contributed by atoms with Crippen molar-refractivity contribution in [2.45, 2.75) is 38.0 Å². The number of rotatable bonds is 5. The summed E-state index contributed by atoms with van der Waals surface area (Å²) in [6.45, 7) is 3.67. The van der Waals surface area contributed by atoms with E-state index in [0.717, 1.165) is 5.57 Å². The number of benzene rings is 1. The lowest BCUT2D eigenvalue weighted by atomic mass is 9.77. The van der Waals surface area contributed by atoms with Crippen LogP contribution in [0.25, 0.3) is 5.57 Å². The minimum Gasteiger partial charge on any atom is -0.392 e. The average molecular weight is 394 g/mol. The second-order valence-electron chi connectivity index (χ2n) is 6.41. The molecule has 1 N–H and O–H groups in total. The van der Waals surface area contributed by atoms with E-state index in [1.54, 1.807) is 30.5 Å². The highest BCUT2D eigenvalue weighted by molar-refractivity contribution is 6.35. The third-order valence-electron chi connectivity index (χ3n) is 4.81. The fourth-order valence-corrected chi connectivity index (χ4v) is 4.02. The molecule has 2 aromatic rings. The van der Waals surface area contributed by atoms with Gasteiger partial charge in [0, 0.05) is 28.2 Å². The largest absolute Gasteiger partial charge is 0.392 e. The number of fused-ring (bicyclic) bond motifs is 1. The van der Waals surface area contributed by atoms with Crippen LogP contribution in [0.2, 0.25) is 10.0 Å². The fraction of sp³-hybridized carbons (Fsp3) is 0.300. The molecule has 0 spiro atoms. The molecule has 136 valence electrons. The third kappa shape index (κ3) is 3.41. The molecule has 0 amide bonds. The van der Waals surface area contributed by atoms with Gasteiger partial charge < -0.3 is 5.11 Å². The van der Waals surface area contributed by atoms with Crippen LogP contribution in [0.4, 0.5) is 4.39 Å². The molecule has 0 saturated heterocycles. The molecule has 0 radical (unpaired) electrons. The standard InChI is InChI=1S/C20H18Cl2FNO2/c1-12-6-7-20(23,16-3-2-8-24-19(12)16)18(26)5-4-15-13(11-25)9-14(21)10-17(15)22/h2-3,8-10,25H,1,4-7,11H2. The Hall–Kier alpha value is -1.75. The Morgan fingerprint density at radius 1 is 1.38 bits per heavy atom. The Morgan fingerprint density at radius 3 is 2.88 bits per heavy atom. The molecule has 6 heteroatoms. The molecule has 1 aromatic heterocycles. The maximum absolute atomic E-state index is 15.6. The van der Waals surface area contributed by atoms with E-state index in [9.17, 15) is 9.90 Å². The lowest BCUT2D eigenvalue weighted by Crippen LogP contribution is -2.35. The number of Topliss-reactive ketones (excluding diaryl/α,β-unsaturated/α-hetero) is 1. The second kappa shape index (κ2) is 7.47. The van der Waals surface area contributed by atoms with E-state index in [2.05, 4.69) is 11.6 Å². The van der Waals surface area contributed by atoms with Crippen molar-refractivity contribution in [3.8, 4) is 0 Å². The van der Waals surface area contributed by atoms with Crippen molar-refractivity contribution in [3.05, 3.63) is 69.5 Å². The molecule has 0 saturated carbocycles. The number of ketones is 1. The lowest BCUT2D eigenvalue weighted by Gasteiger charge is -2.31. The SMILES string of the molecule is C=C1CCC(F)(C(=O)CCc2c(Cl)cc(Cl)cc2CO)c2cccnc21. The normalized spacial score (nSPS) is 19.3. The summed E-state index contributed by atoms with van der Waals surface area (Å²) in [5, 5.41) is 10.3. The number of hydrogen-bond donors (Lipinski definition) is 1. The Morgan fingerprint density at radius 2 is 2.15 bits per heavy atom. The fourth-order valence-electron chi connectivity index (χ4n) is 3.39. The first-order valence-corrected chi connectivity index (χ1v) is 9.06. The Labute approximate surface area is 161 Å². The van der Waals surface area contributed by atoms with Crippen molar-refractivity contribution in [1.82, 2.24) is 4.98 Å². The van der Waals surface area contributed by atoms with E-state index in [-0.39, 0.29) is 31.4 Å². The van der Waals surface area contributed by atoms with Gasteiger partial charge in [0.25, 0.3) is 0 Å². The molecule has 0 aliphatic heterocycles. The summed E-state index contributed by atoms with van der Waals surface area (Å²) in [6, 6.07) is 6.37. The number of halogens is 3. The Bertz CT molecular complexity index is 884. The number of carbonyl (C=O) groups is 1. The summed E-state index contributed by atoms with van der Waals surface area (Å²) in [6.07, 6.45) is 2.21. The van der Waals surface area contributed by atoms with Gasteiger partial charge in [-0.15, -0.1) is 0 Å². The highest BCUT2D eigenvalue weighted by Crippen LogP contribution is 2.43. The molecule has 1 unspecified atom stereocenters. The molecule has 0 bridgehead atoms. The molecule has 1 atom stereocenters. The van der Waals surface area contributed by atoms with Crippen LogP contribution < -0.4 is 0 Å². The third-order valence-corrected chi connectivity index (χ3v) is 5.36. The first-order valence-electron chi connectivity index (χ1n) is 8.30. The molecular weight excluding hydrogens is 376 g/mol. The predicted molar refractivity (Wildman–Crippen MR) is 101 cm³/mol. The molecule has 26 heavy (non-hydrogen) atoms. The van der Waals surface area contributed by atoms with Gasteiger partial charge in [0.1, 0.15) is 0 Å². The number of carbonyl (C=O) groups excluding carboxylic acids is 1. The molecule has 3 rings (SSSR count). The zero-order chi connectivity index (χ0) is 18.9. The van der Waals surface area contributed by atoms with Gasteiger partial charge in [-0.1, -0.05) is 35.8 Å². The summed E-state index contributed by atoms with van der Waals surface area (Å²) >= 11 is 12.1. The van der Waals surface area contributed by atoms with Crippen molar-refractivity contribution in [2.75, 3.05) is 0 Å². The van der Waals surface area contributed by atoms with Crippen molar-refractivity contribution in [2.24, 2.45) is 0 Å². The smallest absolute Gasteiger partial charge is 0.196 e. The average Bonchev–Trinajstić information content (AvgIpc) is 2.63. The van der Waals surface area contributed by atoms with Gasteiger partial charge in [-0.05, 0) is 54.2 Å². The minimum atomic E-state index is -2.08. The van der Waals surface area contributed by atoms with Crippen LogP contribution in [0, 0.1) is 0 Å². The molecule has 1 aliphatic carbocycles. The minimum absolute atomic E-state index is 0.0360. The van der Waals surface area contributed by atoms with Crippen LogP contribution in [0.15, 0.2) is 37.0 Å². The van der Waals surface area contributed by atoms with Gasteiger partial charge in [-0.25, -0.2) is 4.39 Å². The quantitative estimate of drug-likeness (QED) is 0.772. The van der Waals surface area contributed by atoms with E-state index in [4.69, 9.17) is 23.2 Å². The van der Waals surface area contributed by atoms with Crippen LogP contribution in [-0.4, -0.2) is 15.9 Å². The Balaban J connectivity index is 1.86. The van der Waals surface area contributed by atoms with Crippen LogP contribution in [0.1, 0.15) is 41.6 Å². The Kier molecular flexibility index (Phi) is 5.47. The number of aromatic nitrogens is 1. The van der Waals surface area contributed by atoms with Crippen molar-refractivity contribution < 1.29 is 14.3 Å². The molecule has 1 heterocycles. The number of allylic oxidation sites excluding steroid dienone is 1. The first kappa shape index (κ1) is 19.0. The number of aliphatic hydroxyl groups excluding tert-OH is 1. The molecule has 3 nitrogen and oxygen atoms in total. The summed E-state index contributed by atoms with van der Waals surface area (Å²) in [4.78, 5) is 17.0. The van der Waals surface area contributed by atoms with Crippen LogP contribution in [0.5, 0.6) is 0 Å². The van der Waals surface area contributed by atoms with Crippen LogP contribution in [-0.2, 0) is 23.5 Å². The van der Waals surface area contributed by atoms with E-state index < -0.39 is 11.5 Å². The van der Waals surface area contributed by atoms with Gasteiger partial charge >= 0.3 is 0 Å². The van der Waals surface area contributed by atoms with Crippen molar-refractivity contribution >= 4 is 34.6 Å². The maximum Gasteiger partial charge on any atom is 0.196 e. The lowest BCUT2D eigenvalue weighted by molar-refractivity contribution is -0.131. The topological polar surface area (TPSA) is 50.2 Å². The van der Waals surface area contributed by atoms with Crippen LogP contribution >= 0.6 is 23.2 Å².